The molecule has 0 radical (unpaired) electrons. The van der Waals surface area contributed by atoms with Crippen molar-refractivity contribution < 1.29 is 37.2 Å². The summed E-state index contributed by atoms with van der Waals surface area (Å²) in [5, 5.41) is 4.72. The first-order valence-corrected chi connectivity index (χ1v) is 7.82. The molecule has 0 aliphatic carbocycles. The van der Waals surface area contributed by atoms with Crippen molar-refractivity contribution in [3.8, 4) is 0 Å². The maximum atomic E-state index is 13.5. The van der Waals surface area contributed by atoms with Crippen molar-refractivity contribution in [2.45, 2.75) is 12.8 Å². The largest absolute Gasteiger partial charge is 0.469 e. The highest BCUT2D eigenvalue weighted by atomic mass is 19.2. The lowest BCUT2D eigenvalue weighted by Gasteiger charge is -2.14. The second-order valence-electron chi connectivity index (χ2n) is 5.61. The van der Waals surface area contributed by atoms with Crippen LogP contribution in [0.4, 0.5) is 18.9 Å². The Labute approximate surface area is 148 Å². The van der Waals surface area contributed by atoms with Gasteiger partial charge in [-0.1, -0.05) is 0 Å². The summed E-state index contributed by atoms with van der Waals surface area (Å²) >= 11 is 0. The first-order chi connectivity index (χ1) is 12.2. The van der Waals surface area contributed by atoms with E-state index in [1.165, 1.54) is 7.11 Å². The molecule has 7 nitrogen and oxygen atoms in total. The van der Waals surface area contributed by atoms with Crippen LogP contribution in [0.5, 0.6) is 0 Å². The number of hydrogen-bond acceptors (Lipinski definition) is 4. The third kappa shape index (κ3) is 7.09. The molecule has 0 fully saturated rings. The van der Waals surface area contributed by atoms with Crippen molar-refractivity contribution in [1.82, 2.24) is 5.32 Å². The Morgan fingerprint density at radius 1 is 1.08 bits per heavy atom. The van der Waals surface area contributed by atoms with Gasteiger partial charge < -0.3 is 20.3 Å². The Kier molecular flexibility index (Phi) is 8.56. The third-order valence-electron chi connectivity index (χ3n) is 3.34. The van der Waals surface area contributed by atoms with Gasteiger partial charge in [0.25, 0.3) is 11.8 Å². The molecule has 1 unspecified atom stereocenters. The Hall–Kier alpha value is -2.62. The number of hydrogen-bond donors (Lipinski definition) is 3. The molecule has 2 amide bonds. The lowest BCUT2D eigenvalue weighted by atomic mass is 10.2. The first kappa shape index (κ1) is 21.4. The minimum atomic E-state index is -1.67. The summed E-state index contributed by atoms with van der Waals surface area (Å²) in [6, 6.07) is 1.61. The predicted octanol–water partition coefficient (Wildman–Crippen LogP) is -0.373. The number of likely N-dealkylation sites (N-methyl/N-ethyl adjacent to an activating group) is 1. The normalized spacial score (nSPS) is 11.6. The van der Waals surface area contributed by atoms with Crippen LogP contribution in [-0.4, -0.2) is 51.6 Å². The topological polar surface area (TPSA) is 88.9 Å². The molecule has 0 saturated heterocycles. The van der Waals surface area contributed by atoms with Gasteiger partial charge in [-0.15, -0.1) is 0 Å². The van der Waals surface area contributed by atoms with Crippen LogP contribution in [0.2, 0.25) is 0 Å². The van der Waals surface area contributed by atoms with Gasteiger partial charge in [0.05, 0.1) is 19.8 Å². The average molecular weight is 376 g/mol. The molecule has 3 N–H and O–H groups in total. The van der Waals surface area contributed by atoms with Crippen molar-refractivity contribution >= 4 is 23.5 Å². The second kappa shape index (κ2) is 10.4. The monoisotopic (exact) mass is 376 g/mol. The predicted molar refractivity (Wildman–Crippen MR) is 85.8 cm³/mol. The maximum Gasteiger partial charge on any atom is 0.305 e. The molecule has 0 heterocycles. The first-order valence-electron chi connectivity index (χ1n) is 7.82. The molecule has 26 heavy (non-hydrogen) atoms. The Morgan fingerprint density at radius 2 is 1.73 bits per heavy atom. The quantitative estimate of drug-likeness (QED) is 0.312. The van der Waals surface area contributed by atoms with E-state index in [-0.39, 0.29) is 37.9 Å². The smallest absolute Gasteiger partial charge is 0.305 e. The van der Waals surface area contributed by atoms with Crippen LogP contribution < -0.4 is 15.5 Å². The number of quaternary nitrogens is 1. The fourth-order valence-electron chi connectivity index (χ4n) is 2.05. The highest BCUT2D eigenvalue weighted by Gasteiger charge is 2.18. The van der Waals surface area contributed by atoms with Crippen LogP contribution in [0.15, 0.2) is 12.1 Å². The van der Waals surface area contributed by atoms with Crippen LogP contribution >= 0.6 is 0 Å². The average Bonchev–Trinajstić information content (AvgIpc) is 2.58. The Balaban J connectivity index is 2.37. The van der Waals surface area contributed by atoms with Gasteiger partial charge in [-0.05, 0) is 18.6 Å². The molecule has 0 bridgehead atoms. The van der Waals surface area contributed by atoms with E-state index in [1.54, 1.807) is 7.05 Å². The molecule has 10 heteroatoms. The minimum absolute atomic E-state index is 0.0358. The van der Waals surface area contributed by atoms with E-state index < -0.39 is 29.0 Å². The number of ether oxygens (including phenoxy) is 1. The van der Waals surface area contributed by atoms with Crippen LogP contribution in [0.25, 0.3) is 0 Å². The molecule has 0 spiro atoms. The van der Waals surface area contributed by atoms with Gasteiger partial charge in [0.1, 0.15) is 0 Å². The summed E-state index contributed by atoms with van der Waals surface area (Å²) in [6.07, 6.45) is 0.606. The number of benzene rings is 1. The van der Waals surface area contributed by atoms with E-state index in [2.05, 4.69) is 15.4 Å². The van der Waals surface area contributed by atoms with Crippen molar-refractivity contribution in [3.05, 3.63) is 29.6 Å². The summed E-state index contributed by atoms with van der Waals surface area (Å²) in [6.45, 7) is 0.0629. The van der Waals surface area contributed by atoms with E-state index >= 15 is 0 Å². The van der Waals surface area contributed by atoms with Gasteiger partial charge in [0.2, 0.25) is 0 Å². The van der Waals surface area contributed by atoms with E-state index in [0.29, 0.717) is 17.4 Å². The van der Waals surface area contributed by atoms with Crippen LogP contribution in [0, 0.1) is 17.5 Å². The molecule has 1 atom stereocenters. The SMILES string of the molecule is COC(=O)CCCNC(=O)C[NH+](C)CC(=O)Nc1ccc(F)c(F)c1F. The van der Waals surface area contributed by atoms with Crippen LogP contribution in [0.1, 0.15) is 12.8 Å². The molecule has 0 aliphatic rings. The number of rotatable bonds is 9. The second-order valence-corrected chi connectivity index (χ2v) is 5.61. The standard InChI is InChI=1S/C16H20F3N3O4/c1-22(8-12(23)20-7-3-4-14(25)26-2)9-13(24)21-11-6-5-10(17)15(18)16(11)19/h5-6H,3-4,7-9H2,1-2H3,(H,20,23)(H,21,24)/p+1. The summed E-state index contributed by atoms with van der Waals surface area (Å²) in [7, 11) is 2.84. The van der Waals surface area contributed by atoms with E-state index in [1.807, 2.05) is 0 Å². The fraction of sp³-hybridized carbons (Fsp3) is 0.438. The maximum absolute atomic E-state index is 13.5. The fourth-order valence-corrected chi connectivity index (χ4v) is 2.05. The van der Waals surface area contributed by atoms with Crippen molar-refractivity contribution in [2.75, 3.05) is 39.1 Å². The highest BCUT2D eigenvalue weighted by molar-refractivity contribution is 5.91. The van der Waals surface area contributed by atoms with Gasteiger partial charge in [-0.2, -0.15) is 0 Å². The number of methoxy groups -OCH3 is 1. The van der Waals surface area contributed by atoms with Crippen molar-refractivity contribution in [3.63, 3.8) is 0 Å². The molecule has 1 rings (SSSR count). The van der Waals surface area contributed by atoms with Gasteiger partial charge >= 0.3 is 5.97 Å². The van der Waals surface area contributed by atoms with E-state index in [9.17, 15) is 27.6 Å². The number of nitrogens with one attached hydrogen (secondary N) is 3. The minimum Gasteiger partial charge on any atom is -0.469 e. The molecular formula is C16H21F3N3O4+. The van der Waals surface area contributed by atoms with Crippen molar-refractivity contribution in [2.24, 2.45) is 0 Å². The van der Waals surface area contributed by atoms with E-state index in [0.717, 1.165) is 6.07 Å². The molecule has 0 aromatic heterocycles. The molecule has 1 aromatic carbocycles. The summed E-state index contributed by atoms with van der Waals surface area (Å²) in [4.78, 5) is 34.9. The summed E-state index contributed by atoms with van der Waals surface area (Å²) < 4.78 is 43.9. The van der Waals surface area contributed by atoms with Crippen LogP contribution in [-0.2, 0) is 19.1 Å². The highest BCUT2D eigenvalue weighted by Crippen LogP contribution is 2.19. The van der Waals surface area contributed by atoms with Gasteiger partial charge in [0.15, 0.2) is 30.5 Å². The molecule has 0 aliphatic heterocycles. The number of carbonyl (C=O) groups excluding carboxylic acids is 3. The van der Waals surface area contributed by atoms with Crippen LogP contribution in [0.3, 0.4) is 0 Å². The number of esters is 1. The zero-order chi connectivity index (χ0) is 19.7. The Morgan fingerprint density at radius 3 is 2.38 bits per heavy atom. The molecule has 0 saturated carbocycles. The Bertz CT molecular complexity index is 670. The zero-order valence-electron chi connectivity index (χ0n) is 14.5. The number of carbonyl (C=O) groups is 3. The molecule has 144 valence electrons. The molecular weight excluding hydrogens is 355 g/mol. The third-order valence-corrected chi connectivity index (χ3v) is 3.34. The number of anilines is 1. The summed E-state index contributed by atoms with van der Waals surface area (Å²) in [5.41, 5.74) is -0.478. The lowest BCUT2D eigenvalue weighted by molar-refractivity contribution is -0.862. The van der Waals surface area contributed by atoms with E-state index in [4.69, 9.17) is 0 Å². The molecule has 1 aromatic rings. The van der Waals surface area contributed by atoms with Crippen molar-refractivity contribution in [1.29, 1.82) is 0 Å². The van der Waals surface area contributed by atoms with Gasteiger partial charge in [-0.25, -0.2) is 13.2 Å². The van der Waals surface area contributed by atoms with Gasteiger partial charge in [-0.3, -0.25) is 14.4 Å². The zero-order valence-corrected chi connectivity index (χ0v) is 14.5. The lowest BCUT2D eigenvalue weighted by Crippen LogP contribution is -3.11. The van der Waals surface area contributed by atoms with Gasteiger partial charge in [0, 0.05) is 13.0 Å². The summed E-state index contributed by atoms with van der Waals surface area (Å²) in [5.74, 6) is -5.88. The number of halogens is 3. The number of amides is 2.